The largest absolute Gasteiger partial charge is 0.497 e. The molecule has 58 heavy (non-hydrogen) atoms. The first-order valence-corrected chi connectivity index (χ1v) is 18.8. The molecule has 12 nitrogen and oxygen atoms in total. The van der Waals surface area contributed by atoms with Gasteiger partial charge in [0.1, 0.15) is 22.3 Å². The van der Waals surface area contributed by atoms with E-state index in [2.05, 4.69) is 0 Å². The van der Waals surface area contributed by atoms with E-state index < -0.39 is 58.6 Å². The van der Waals surface area contributed by atoms with Gasteiger partial charge in [-0.3, -0.25) is 9.59 Å². The molecule has 0 saturated heterocycles. The average Bonchev–Trinajstić information content (AvgIpc) is 3.26. The zero-order valence-electron chi connectivity index (χ0n) is 33.2. The molecule has 0 aromatic heterocycles. The predicted octanol–water partition coefficient (Wildman–Crippen LogP) is 5.79. The van der Waals surface area contributed by atoms with Gasteiger partial charge in [0.15, 0.2) is 0 Å². The summed E-state index contributed by atoms with van der Waals surface area (Å²) in [6.07, 6.45) is 3.37. The summed E-state index contributed by atoms with van der Waals surface area (Å²) in [7, 11) is 8.28. The molecule has 300 valence electrons. The van der Waals surface area contributed by atoms with Crippen LogP contribution in [-0.4, -0.2) is 88.4 Å². The van der Waals surface area contributed by atoms with Crippen molar-refractivity contribution in [2.75, 3.05) is 42.7 Å². The molecule has 0 bridgehead atoms. The lowest BCUT2D eigenvalue weighted by Gasteiger charge is -2.75. The van der Waals surface area contributed by atoms with Gasteiger partial charge in [0.2, 0.25) is 0 Å². The fourth-order valence-corrected chi connectivity index (χ4v) is 9.87. The van der Waals surface area contributed by atoms with Gasteiger partial charge >= 0.3 is 23.9 Å². The Hall–Kier alpha value is -6.56. The fourth-order valence-electron chi connectivity index (χ4n) is 9.87. The number of carbonyl (C=O) groups is 4. The van der Waals surface area contributed by atoms with Crippen molar-refractivity contribution in [1.82, 2.24) is 9.80 Å². The van der Waals surface area contributed by atoms with Crippen LogP contribution in [0.2, 0.25) is 0 Å². The third-order valence-corrected chi connectivity index (χ3v) is 11.9. The Morgan fingerprint density at radius 3 is 1.12 bits per heavy atom. The fraction of sp³-hybridized carbons (Fsp3) is 0.304. The Morgan fingerprint density at radius 2 is 0.828 bits per heavy atom. The van der Waals surface area contributed by atoms with E-state index in [4.69, 9.17) is 28.4 Å². The first kappa shape index (κ1) is 39.7. The van der Waals surface area contributed by atoms with Gasteiger partial charge < -0.3 is 38.2 Å². The van der Waals surface area contributed by atoms with Gasteiger partial charge in [-0.25, -0.2) is 9.59 Å². The third-order valence-electron chi connectivity index (χ3n) is 11.9. The number of esters is 4. The van der Waals surface area contributed by atoms with E-state index in [-0.39, 0.29) is 24.2 Å². The highest BCUT2D eigenvalue weighted by atomic mass is 16.5. The number of rotatable bonds is 12. The summed E-state index contributed by atoms with van der Waals surface area (Å²) in [6, 6.07) is 31.0. The molecule has 0 atom stereocenters. The maximum atomic E-state index is 15.5. The van der Waals surface area contributed by atoms with Gasteiger partial charge in [-0.15, -0.1) is 0 Å². The van der Waals surface area contributed by atoms with E-state index >= 15 is 9.59 Å². The number of hydrogen-bond acceptors (Lipinski definition) is 12. The second-order valence-electron chi connectivity index (χ2n) is 14.5. The number of fused-ring (bicyclic) bond motifs is 4. The molecule has 0 amide bonds. The maximum absolute atomic E-state index is 15.5. The summed E-state index contributed by atoms with van der Waals surface area (Å²) in [5.41, 5.74) is -0.309. The minimum Gasteiger partial charge on any atom is -0.497 e. The SMILES string of the molecule is COC(=O)C1=CN(Cc2ccccc2)C2C(C(=O)OC)(C3N(Cc4ccccc4)C=C(C(=O)OC)[C@H](c4ccc(OC)cc4)C23C(=O)OC)[C@@H]1c1ccc(OC)cc1. The molecule has 1 aliphatic carbocycles. The normalized spacial score (nSPS) is 24.4. The average molecular weight is 787 g/mol. The molecular weight excluding hydrogens is 741 g/mol. The zero-order valence-corrected chi connectivity index (χ0v) is 33.2. The summed E-state index contributed by atoms with van der Waals surface area (Å²) in [6.45, 7) is 0.299. The molecule has 4 aromatic carbocycles. The van der Waals surface area contributed by atoms with Crippen LogP contribution in [-0.2, 0) is 51.2 Å². The van der Waals surface area contributed by atoms with Crippen LogP contribution >= 0.6 is 0 Å². The van der Waals surface area contributed by atoms with E-state index in [1.54, 1.807) is 75.2 Å². The van der Waals surface area contributed by atoms with Gasteiger partial charge in [0, 0.05) is 37.3 Å². The highest BCUT2D eigenvalue weighted by Gasteiger charge is 2.87. The Kier molecular flexibility index (Phi) is 11.0. The third kappa shape index (κ3) is 6.14. The van der Waals surface area contributed by atoms with Gasteiger partial charge in [0.05, 0.1) is 65.9 Å². The van der Waals surface area contributed by atoms with E-state index in [1.165, 1.54) is 28.4 Å². The van der Waals surface area contributed by atoms with Crippen molar-refractivity contribution >= 4 is 23.9 Å². The molecule has 3 aliphatic rings. The topological polar surface area (TPSA) is 130 Å². The maximum Gasteiger partial charge on any atom is 0.335 e. The quantitative estimate of drug-likeness (QED) is 0.127. The van der Waals surface area contributed by atoms with Crippen LogP contribution in [0, 0.1) is 10.8 Å². The Bertz CT molecular complexity index is 2050. The summed E-state index contributed by atoms with van der Waals surface area (Å²) in [5, 5.41) is 0. The van der Waals surface area contributed by atoms with Gasteiger partial charge in [-0.05, 0) is 46.5 Å². The second kappa shape index (κ2) is 16.1. The number of carbonyl (C=O) groups excluding carboxylic acids is 4. The summed E-state index contributed by atoms with van der Waals surface area (Å²) in [4.78, 5) is 63.1. The van der Waals surface area contributed by atoms with Gasteiger partial charge in [-0.2, -0.15) is 0 Å². The molecule has 1 saturated carbocycles. The number of benzene rings is 4. The van der Waals surface area contributed by atoms with Crippen LogP contribution in [0.15, 0.2) is 133 Å². The molecular formula is C46H46N2O10. The van der Waals surface area contributed by atoms with E-state index in [0.717, 1.165) is 11.1 Å². The van der Waals surface area contributed by atoms with Crippen LogP contribution in [0.1, 0.15) is 34.1 Å². The first-order chi connectivity index (χ1) is 28.1. The molecule has 0 N–H and O–H groups in total. The lowest BCUT2D eigenvalue weighted by Crippen LogP contribution is -2.88. The summed E-state index contributed by atoms with van der Waals surface area (Å²) >= 11 is 0. The van der Waals surface area contributed by atoms with Crippen LogP contribution in [0.5, 0.6) is 11.5 Å². The minimum atomic E-state index is -1.73. The Morgan fingerprint density at radius 1 is 0.483 bits per heavy atom. The Balaban J connectivity index is 1.65. The lowest BCUT2D eigenvalue weighted by molar-refractivity contribution is -0.250. The number of ether oxygens (including phenoxy) is 6. The smallest absolute Gasteiger partial charge is 0.335 e. The first-order valence-electron chi connectivity index (χ1n) is 18.8. The van der Waals surface area contributed by atoms with E-state index in [0.29, 0.717) is 22.6 Å². The van der Waals surface area contributed by atoms with Crippen molar-refractivity contribution in [2.45, 2.75) is 37.0 Å². The lowest BCUT2D eigenvalue weighted by atomic mass is 9.33. The molecule has 2 aliphatic heterocycles. The minimum absolute atomic E-state index is 0.150. The van der Waals surface area contributed by atoms with E-state index in [1.807, 2.05) is 70.5 Å². The number of methoxy groups -OCH3 is 6. The predicted molar refractivity (Wildman–Crippen MR) is 212 cm³/mol. The second-order valence-corrected chi connectivity index (χ2v) is 14.5. The molecule has 4 aromatic rings. The van der Waals surface area contributed by atoms with Crippen LogP contribution in [0.25, 0.3) is 0 Å². The van der Waals surface area contributed by atoms with Gasteiger partial charge in [-0.1, -0.05) is 84.9 Å². The van der Waals surface area contributed by atoms with Gasteiger partial charge in [0.25, 0.3) is 0 Å². The summed E-state index contributed by atoms with van der Waals surface area (Å²) < 4.78 is 33.7. The summed E-state index contributed by atoms with van der Waals surface area (Å²) in [5.74, 6) is -3.64. The molecule has 0 spiro atoms. The van der Waals surface area contributed by atoms with Crippen molar-refractivity contribution in [2.24, 2.45) is 10.8 Å². The molecule has 0 unspecified atom stereocenters. The number of hydrogen-bond donors (Lipinski definition) is 0. The highest BCUT2D eigenvalue weighted by molar-refractivity contribution is 6.01. The van der Waals surface area contributed by atoms with Crippen molar-refractivity contribution < 1.29 is 47.6 Å². The van der Waals surface area contributed by atoms with Crippen molar-refractivity contribution in [3.05, 3.63) is 155 Å². The highest BCUT2D eigenvalue weighted by Crippen LogP contribution is 2.75. The van der Waals surface area contributed by atoms with Crippen molar-refractivity contribution in [1.29, 1.82) is 0 Å². The molecule has 7 rings (SSSR count). The molecule has 2 heterocycles. The van der Waals surface area contributed by atoms with Crippen LogP contribution in [0.4, 0.5) is 0 Å². The molecule has 12 heteroatoms. The molecule has 0 radical (unpaired) electrons. The zero-order chi connectivity index (χ0) is 41.2. The van der Waals surface area contributed by atoms with E-state index in [9.17, 15) is 9.59 Å². The Labute approximate surface area is 337 Å². The monoisotopic (exact) mass is 786 g/mol. The molecule has 1 fully saturated rings. The van der Waals surface area contributed by atoms with Crippen molar-refractivity contribution in [3.8, 4) is 11.5 Å². The van der Waals surface area contributed by atoms with Crippen LogP contribution < -0.4 is 9.47 Å². The van der Waals surface area contributed by atoms with Crippen molar-refractivity contribution in [3.63, 3.8) is 0 Å². The number of nitrogens with zero attached hydrogens (tertiary/aromatic N) is 2. The standard InChI is InChI=1S/C46H46N2O10/c1-53-33-21-17-31(18-22-33)37-35(39(49)55-3)27-47(25-29-13-9-7-10-14-29)41-45(37,43(51)57-5)42-46(41,44(52)58-6)38(32-19-23-34(54-2)24-20-32)36(40(50)56-4)28-48(42)26-30-15-11-8-12-16-30/h7-24,27-28,37-38,41-42H,25-26H2,1-6H3/t37-,38+,41?,42?,45?,46?. The van der Waals surface area contributed by atoms with Crippen LogP contribution in [0.3, 0.4) is 0 Å².